The zero-order valence-electron chi connectivity index (χ0n) is 10.9. The molecule has 0 spiro atoms. The highest BCUT2D eigenvalue weighted by atomic mass is 16.5. The molecule has 1 aromatic carbocycles. The smallest absolute Gasteiger partial charge is 0.0717 e. The van der Waals surface area contributed by atoms with E-state index >= 15 is 0 Å². The summed E-state index contributed by atoms with van der Waals surface area (Å²) < 4.78 is 5.57. The normalized spacial score (nSPS) is 12.4. The van der Waals surface area contributed by atoms with E-state index in [2.05, 4.69) is 37.8 Å². The van der Waals surface area contributed by atoms with Gasteiger partial charge in [-0.1, -0.05) is 36.8 Å². The fraction of sp³-hybridized carbons (Fsp3) is 0.467. The molecule has 2 nitrogen and oxygen atoms in total. The molecule has 0 amide bonds. The lowest BCUT2D eigenvalue weighted by Gasteiger charge is -2.10. The van der Waals surface area contributed by atoms with Gasteiger partial charge in [0.05, 0.1) is 13.2 Å². The highest BCUT2D eigenvalue weighted by molar-refractivity contribution is 5.24. The maximum Gasteiger partial charge on any atom is 0.0717 e. The molecule has 0 aliphatic carbocycles. The Morgan fingerprint density at radius 3 is 2.53 bits per heavy atom. The SMILES string of the molecule is C=C(C)CCOCc1ccc(C(C)CN)cc1. The van der Waals surface area contributed by atoms with E-state index in [1.807, 2.05) is 6.92 Å². The molecule has 1 unspecified atom stereocenters. The Labute approximate surface area is 104 Å². The molecule has 0 bridgehead atoms. The van der Waals surface area contributed by atoms with Gasteiger partial charge in [-0.05, 0) is 36.9 Å². The molecule has 1 atom stereocenters. The minimum Gasteiger partial charge on any atom is -0.376 e. The van der Waals surface area contributed by atoms with Crippen molar-refractivity contribution in [2.45, 2.75) is 32.8 Å². The zero-order valence-corrected chi connectivity index (χ0v) is 10.9. The summed E-state index contributed by atoms with van der Waals surface area (Å²) in [7, 11) is 0. The average molecular weight is 233 g/mol. The van der Waals surface area contributed by atoms with E-state index in [0.717, 1.165) is 18.6 Å². The molecule has 2 heteroatoms. The zero-order chi connectivity index (χ0) is 12.7. The van der Waals surface area contributed by atoms with Gasteiger partial charge in [-0.15, -0.1) is 6.58 Å². The van der Waals surface area contributed by atoms with Crippen molar-refractivity contribution in [3.05, 3.63) is 47.5 Å². The Kier molecular flexibility index (Phi) is 5.95. The largest absolute Gasteiger partial charge is 0.376 e. The van der Waals surface area contributed by atoms with E-state index in [1.165, 1.54) is 11.1 Å². The van der Waals surface area contributed by atoms with Crippen molar-refractivity contribution in [1.82, 2.24) is 0 Å². The lowest BCUT2D eigenvalue weighted by atomic mass is 10.0. The lowest BCUT2D eigenvalue weighted by molar-refractivity contribution is 0.124. The first-order valence-electron chi connectivity index (χ1n) is 6.14. The second kappa shape index (κ2) is 7.25. The molecular formula is C15H23NO. The minimum atomic E-state index is 0.424. The van der Waals surface area contributed by atoms with Crippen LogP contribution in [0.25, 0.3) is 0 Å². The van der Waals surface area contributed by atoms with Gasteiger partial charge in [-0.3, -0.25) is 0 Å². The quantitative estimate of drug-likeness (QED) is 0.579. The van der Waals surface area contributed by atoms with Crippen LogP contribution in [0.1, 0.15) is 37.3 Å². The summed E-state index contributed by atoms with van der Waals surface area (Å²) in [5, 5.41) is 0. The van der Waals surface area contributed by atoms with Crippen LogP contribution in [-0.2, 0) is 11.3 Å². The van der Waals surface area contributed by atoms with Crippen molar-refractivity contribution < 1.29 is 4.74 Å². The number of rotatable bonds is 7. The molecule has 0 aliphatic heterocycles. The van der Waals surface area contributed by atoms with E-state index in [-0.39, 0.29) is 0 Å². The number of hydrogen-bond acceptors (Lipinski definition) is 2. The lowest BCUT2D eigenvalue weighted by Crippen LogP contribution is -2.08. The van der Waals surface area contributed by atoms with E-state index in [0.29, 0.717) is 19.1 Å². The third kappa shape index (κ3) is 5.16. The Morgan fingerprint density at radius 2 is 2.00 bits per heavy atom. The molecule has 0 heterocycles. The van der Waals surface area contributed by atoms with E-state index in [1.54, 1.807) is 0 Å². The summed E-state index contributed by atoms with van der Waals surface area (Å²) in [6.07, 6.45) is 0.933. The van der Waals surface area contributed by atoms with Crippen molar-refractivity contribution in [3.8, 4) is 0 Å². The fourth-order valence-electron chi connectivity index (χ4n) is 1.51. The van der Waals surface area contributed by atoms with E-state index < -0.39 is 0 Å². The molecule has 17 heavy (non-hydrogen) atoms. The van der Waals surface area contributed by atoms with Gasteiger partial charge in [0.1, 0.15) is 0 Å². The standard InChI is InChI=1S/C15H23NO/c1-12(2)8-9-17-11-14-4-6-15(7-5-14)13(3)10-16/h4-7,13H,1,8-11,16H2,2-3H3. The third-order valence-electron chi connectivity index (χ3n) is 2.84. The fourth-order valence-corrected chi connectivity index (χ4v) is 1.51. The molecule has 94 valence electrons. The van der Waals surface area contributed by atoms with Gasteiger partial charge in [0.15, 0.2) is 0 Å². The van der Waals surface area contributed by atoms with Gasteiger partial charge >= 0.3 is 0 Å². The Balaban J connectivity index is 2.38. The first-order valence-corrected chi connectivity index (χ1v) is 6.14. The van der Waals surface area contributed by atoms with Crippen LogP contribution < -0.4 is 5.73 Å². The van der Waals surface area contributed by atoms with Crippen LogP contribution in [0, 0.1) is 0 Å². The minimum absolute atomic E-state index is 0.424. The van der Waals surface area contributed by atoms with Crippen molar-refractivity contribution in [2.75, 3.05) is 13.2 Å². The number of hydrogen-bond donors (Lipinski definition) is 1. The summed E-state index contributed by atoms with van der Waals surface area (Å²) in [6, 6.07) is 8.49. The van der Waals surface area contributed by atoms with Gasteiger partial charge in [0.25, 0.3) is 0 Å². The van der Waals surface area contributed by atoms with E-state index in [9.17, 15) is 0 Å². The predicted octanol–water partition coefficient (Wildman–Crippen LogP) is 3.23. The average Bonchev–Trinajstić information content (AvgIpc) is 2.34. The van der Waals surface area contributed by atoms with Crippen LogP contribution in [0.3, 0.4) is 0 Å². The third-order valence-corrected chi connectivity index (χ3v) is 2.84. The summed E-state index contributed by atoms with van der Waals surface area (Å²) in [6.45, 7) is 10.1. The highest BCUT2D eigenvalue weighted by Gasteiger charge is 2.02. The molecule has 1 rings (SSSR count). The van der Waals surface area contributed by atoms with Gasteiger partial charge in [0, 0.05) is 0 Å². The maximum atomic E-state index is 5.64. The predicted molar refractivity (Wildman–Crippen MR) is 73.0 cm³/mol. The van der Waals surface area contributed by atoms with Crippen molar-refractivity contribution >= 4 is 0 Å². The maximum absolute atomic E-state index is 5.64. The monoisotopic (exact) mass is 233 g/mol. The molecular weight excluding hydrogens is 210 g/mol. The Bertz CT molecular complexity index is 342. The van der Waals surface area contributed by atoms with Crippen LogP contribution >= 0.6 is 0 Å². The van der Waals surface area contributed by atoms with Crippen molar-refractivity contribution in [2.24, 2.45) is 5.73 Å². The van der Waals surface area contributed by atoms with Gasteiger partial charge in [-0.2, -0.15) is 0 Å². The number of ether oxygens (including phenoxy) is 1. The van der Waals surface area contributed by atoms with Crippen LogP contribution in [0.5, 0.6) is 0 Å². The number of nitrogens with two attached hydrogens (primary N) is 1. The van der Waals surface area contributed by atoms with Crippen molar-refractivity contribution in [3.63, 3.8) is 0 Å². The van der Waals surface area contributed by atoms with Crippen molar-refractivity contribution in [1.29, 1.82) is 0 Å². The molecule has 0 saturated carbocycles. The van der Waals surface area contributed by atoms with Gasteiger partial charge in [0.2, 0.25) is 0 Å². The topological polar surface area (TPSA) is 35.2 Å². The van der Waals surface area contributed by atoms with Crippen LogP contribution in [-0.4, -0.2) is 13.2 Å². The summed E-state index contributed by atoms with van der Waals surface area (Å²) in [5.41, 5.74) is 9.30. The van der Waals surface area contributed by atoms with Crippen LogP contribution in [0.2, 0.25) is 0 Å². The second-order valence-corrected chi connectivity index (χ2v) is 4.64. The molecule has 0 saturated heterocycles. The van der Waals surface area contributed by atoms with Gasteiger partial charge < -0.3 is 10.5 Å². The molecule has 0 aliphatic rings. The Hall–Kier alpha value is -1.12. The molecule has 2 N–H and O–H groups in total. The first-order chi connectivity index (χ1) is 8.13. The molecule has 1 aromatic rings. The van der Waals surface area contributed by atoms with E-state index in [4.69, 9.17) is 10.5 Å². The summed E-state index contributed by atoms with van der Waals surface area (Å²) in [5.74, 6) is 0.424. The molecule has 0 aromatic heterocycles. The van der Waals surface area contributed by atoms with Crippen LogP contribution in [0.15, 0.2) is 36.4 Å². The second-order valence-electron chi connectivity index (χ2n) is 4.64. The van der Waals surface area contributed by atoms with Gasteiger partial charge in [-0.25, -0.2) is 0 Å². The summed E-state index contributed by atoms with van der Waals surface area (Å²) in [4.78, 5) is 0. The first kappa shape index (κ1) is 13.9. The Morgan fingerprint density at radius 1 is 1.35 bits per heavy atom. The number of benzene rings is 1. The van der Waals surface area contributed by atoms with Crippen LogP contribution in [0.4, 0.5) is 0 Å². The summed E-state index contributed by atoms with van der Waals surface area (Å²) >= 11 is 0. The molecule has 0 fully saturated rings. The highest BCUT2D eigenvalue weighted by Crippen LogP contribution is 2.15. The molecule has 0 radical (unpaired) electrons.